The molecule has 0 radical (unpaired) electrons. The van der Waals surface area contributed by atoms with Crippen LogP contribution in [0.3, 0.4) is 0 Å². The molecule has 3 N–H and O–H groups in total. The predicted octanol–water partition coefficient (Wildman–Crippen LogP) is 2.07. The predicted molar refractivity (Wildman–Crippen MR) is 89.7 cm³/mol. The van der Waals surface area contributed by atoms with Crippen molar-refractivity contribution in [3.8, 4) is 0 Å². The number of nitrogens with one attached hydrogen (secondary N) is 1. The smallest absolute Gasteiger partial charge is 0.231 e. The van der Waals surface area contributed by atoms with Crippen LogP contribution in [0.5, 0.6) is 0 Å². The Bertz CT molecular complexity index is 552. The van der Waals surface area contributed by atoms with Crippen LogP contribution in [0.4, 0.5) is 0 Å². The van der Waals surface area contributed by atoms with E-state index in [1.54, 1.807) is 0 Å². The van der Waals surface area contributed by atoms with E-state index in [1.165, 1.54) is 25.7 Å². The van der Waals surface area contributed by atoms with Crippen LogP contribution in [-0.4, -0.2) is 24.3 Å². The Balaban J connectivity index is 1.65. The third-order valence-corrected chi connectivity index (χ3v) is 5.37. The normalized spacial score (nSPS) is 26.2. The number of carbonyl (C=O) groups excluding carboxylic acids is 2. The van der Waals surface area contributed by atoms with Crippen LogP contribution in [-0.2, 0) is 16.0 Å². The van der Waals surface area contributed by atoms with Crippen LogP contribution in [0.2, 0.25) is 0 Å². The zero-order valence-electron chi connectivity index (χ0n) is 13.5. The summed E-state index contributed by atoms with van der Waals surface area (Å²) in [4.78, 5) is 24.9. The van der Waals surface area contributed by atoms with Crippen LogP contribution >= 0.6 is 0 Å². The molecule has 2 fully saturated rings. The molecule has 4 nitrogen and oxygen atoms in total. The maximum atomic E-state index is 12.8. The van der Waals surface area contributed by atoms with E-state index in [2.05, 4.69) is 5.32 Å². The highest BCUT2D eigenvalue weighted by atomic mass is 16.2. The number of nitrogens with two attached hydrogens (primary N) is 1. The number of hydrogen-bond donors (Lipinski definition) is 2. The second kappa shape index (κ2) is 7.26. The van der Waals surface area contributed by atoms with Gasteiger partial charge >= 0.3 is 0 Å². The number of rotatable bonds is 6. The van der Waals surface area contributed by atoms with Crippen molar-refractivity contribution in [3.63, 3.8) is 0 Å². The highest BCUT2D eigenvalue weighted by molar-refractivity contribution is 6.05. The molecule has 124 valence electrons. The first-order chi connectivity index (χ1) is 11.1. The van der Waals surface area contributed by atoms with Gasteiger partial charge in [0.05, 0.1) is 6.04 Å². The molecule has 1 saturated heterocycles. The highest BCUT2D eigenvalue weighted by Crippen LogP contribution is 2.30. The van der Waals surface area contributed by atoms with Gasteiger partial charge in [0.25, 0.3) is 0 Å². The molecule has 1 aromatic rings. The van der Waals surface area contributed by atoms with Crippen molar-refractivity contribution in [3.05, 3.63) is 35.9 Å². The van der Waals surface area contributed by atoms with Gasteiger partial charge in [-0.1, -0.05) is 56.0 Å². The maximum absolute atomic E-state index is 12.8. The summed E-state index contributed by atoms with van der Waals surface area (Å²) in [5, 5.41) is 2.85. The number of hydrogen-bond acceptors (Lipinski definition) is 3. The first-order valence-corrected chi connectivity index (χ1v) is 8.76. The van der Waals surface area contributed by atoms with Crippen LogP contribution in [0.1, 0.15) is 37.7 Å². The molecule has 0 bridgehead atoms. The lowest BCUT2D eigenvalue weighted by molar-refractivity contribution is -0.134. The minimum absolute atomic E-state index is 0.0204. The molecule has 23 heavy (non-hydrogen) atoms. The van der Waals surface area contributed by atoms with Crippen molar-refractivity contribution in [2.45, 2.75) is 44.6 Å². The molecule has 1 amide bonds. The summed E-state index contributed by atoms with van der Waals surface area (Å²) in [5.41, 5.74) is 7.33. The van der Waals surface area contributed by atoms with E-state index in [4.69, 9.17) is 5.73 Å². The molecular weight excluding hydrogens is 288 g/mol. The van der Waals surface area contributed by atoms with Gasteiger partial charge in [-0.3, -0.25) is 9.59 Å². The van der Waals surface area contributed by atoms with Gasteiger partial charge in [0, 0.05) is 6.54 Å². The van der Waals surface area contributed by atoms with Gasteiger partial charge < -0.3 is 11.1 Å². The first-order valence-electron chi connectivity index (χ1n) is 8.76. The monoisotopic (exact) mass is 314 g/mol. The van der Waals surface area contributed by atoms with Gasteiger partial charge in [-0.05, 0) is 30.2 Å². The van der Waals surface area contributed by atoms with Gasteiger partial charge in [-0.15, -0.1) is 0 Å². The molecule has 1 heterocycles. The van der Waals surface area contributed by atoms with Crippen LogP contribution in [0.25, 0.3) is 0 Å². The van der Waals surface area contributed by atoms with Crippen LogP contribution < -0.4 is 11.1 Å². The fourth-order valence-electron chi connectivity index (χ4n) is 4.09. The summed E-state index contributed by atoms with van der Waals surface area (Å²) in [6.07, 6.45) is 6.31. The average molecular weight is 314 g/mol. The second-order valence-electron chi connectivity index (χ2n) is 7.07. The number of carbonyl (C=O) groups is 2. The van der Waals surface area contributed by atoms with Crippen LogP contribution in [0.15, 0.2) is 30.3 Å². The third kappa shape index (κ3) is 3.81. The number of ketones is 1. The Morgan fingerprint density at radius 2 is 1.91 bits per heavy atom. The highest BCUT2D eigenvalue weighted by Gasteiger charge is 2.42. The van der Waals surface area contributed by atoms with E-state index in [0.29, 0.717) is 12.5 Å². The fraction of sp³-hybridized carbons (Fsp3) is 0.579. The Hall–Kier alpha value is -1.68. The minimum Gasteiger partial charge on any atom is -0.355 e. The largest absolute Gasteiger partial charge is 0.355 e. The van der Waals surface area contributed by atoms with Gasteiger partial charge in [-0.2, -0.15) is 0 Å². The van der Waals surface area contributed by atoms with Crippen molar-refractivity contribution in [1.29, 1.82) is 0 Å². The molecule has 1 unspecified atom stereocenters. The zero-order valence-corrected chi connectivity index (χ0v) is 13.5. The van der Waals surface area contributed by atoms with Crippen molar-refractivity contribution in [2.24, 2.45) is 23.5 Å². The fourth-order valence-corrected chi connectivity index (χ4v) is 4.09. The molecule has 0 aromatic heterocycles. The lowest BCUT2D eigenvalue weighted by atomic mass is 9.82. The average Bonchev–Trinajstić information content (AvgIpc) is 3.18. The topological polar surface area (TPSA) is 72.2 Å². The van der Waals surface area contributed by atoms with E-state index < -0.39 is 12.0 Å². The van der Waals surface area contributed by atoms with Crippen LogP contribution in [0, 0.1) is 17.8 Å². The molecular formula is C19H26N2O2. The molecule has 4 heteroatoms. The molecule has 3 rings (SSSR count). The molecule has 3 atom stereocenters. The summed E-state index contributed by atoms with van der Waals surface area (Å²) >= 11 is 0. The van der Waals surface area contributed by atoms with Gasteiger partial charge in [-0.25, -0.2) is 0 Å². The summed E-state index contributed by atoms with van der Waals surface area (Å²) in [5.74, 6) is -0.199. The van der Waals surface area contributed by atoms with Crippen molar-refractivity contribution in [1.82, 2.24) is 5.32 Å². The van der Waals surface area contributed by atoms with Gasteiger partial charge in [0.1, 0.15) is 5.92 Å². The maximum Gasteiger partial charge on any atom is 0.231 e. The van der Waals surface area contributed by atoms with E-state index in [0.717, 1.165) is 18.4 Å². The number of amides is 1. The minimum atomic E-state index is -0.577. The number of benzene rings is 1. The Morgan fingerprint density at radius 1 is 1.22 bits per heavy atom. The van der Waals surface area contributed by atoms with Crippen molar-refractivity contribution in [2.75, 3.05) is 6.54 Å². The van der Waals surface area contributed by atoms with Crippen molar-refractivity contribution >= 4 is 11.7 Å². The van der Waals surface area contributed by atoms with Gasteiger partial charge in [0.15, 0.2) is 5.78 Å². The Kier molecular flexibility index (Phi) is 5.11. The van der Waals surface area contributed by atoms with E-state index in [-0.39, 0.29) is 17.6 Å². The standard InChI is InChI=1S/C19H26N2O2/c20-16(11-14-8-4-5-9-14)18(22)17-15(12-21-19(17)23)10-13-6-2-1-3-7-13/h1-3,6-7,14-17H,4-5,8-12,20H2,(H,21,23)/t15?,16-,17-/m0/s1. The SMILES string of the molecule is N[C@@H](CC1CCCC1)C(=O)[C@H]1C(=O)NCC1Cc1ccccc1. The van der Waals surface area contributed by atoms with Crippen molar-refractivity contribution < 1.29 is 9.59 Å². The molecule has 0 spiro atoms. The van der Waals surface area contributed by atoms with E-state index in [9.17, 15) is 9.59 Å². The van der Waals surface area contributed by atoms with E-state index in [1.807, 2.05) is 30.3 Å². The summed E-state index contributed by atoms with van der Waals surface area (Å²) in [6.45, 7) is 0.570. The molecule has 1 saturated carbocycles. The van der Waals surface area contributed by atoms with Gasteiger partial charge in [0.2, 0.25) is 5.91 Å². The first kappa shape index (κ1) is 16.2. The quantitative estimate of drug-likeness (QED) is 0.790. The lowest BCUT2D eigenvalue weighted by Crippen LogP contribution is -2.42. The molecule has 2 aliphatic rings. The summed E-state index contributed by atoms with van der Waals surface area (Å²) in [7, 11) is 0. The molecule has 1 aromatic carbocycles. The molecule has 1 aliphatic heterocycles. The Labute approximate surface area is 137 Å². The molecule has 1 aliphatic carbocycles. The summed E-state index contributed by atoms with van der Waals surface area (Å²) < 4.78 is 0. The number of Topliss-reactive ketones (excluding diaryl/α,β-unsaturated/α-hetero) is 1. The zero-order chi connectivity index (χ0) is 16.2. The lowest BCUT2D eigenvalue weighted by Gasteiger charge is -2.21. The van der Waals surface area contributed by atoms with E-state index >= 15 is 0 Å². The Morgan fingerprint density at radius 3 is 2.61 bits per heavy atom. The third-order valence-electron chi connectivity index (χ3n) is 5.37. The summed E-state index contributed by atoms with van der Waals surface area (Å²) in [6, 6.07) is 9.54. The second-order valence-corrected chi connectivity index (χ2v) is 7.07.